The smallest absolute Gasteiger partial charge is 0.247 e. The first kappa shape index (κ1) is 25.8. The third-order valence-corrected chi connectivity index (χ3v) is 7.25. The third kappa shape index (κ3) is 7.35. The molecule has 2 amide bonds. The van der Waals surface area contributed by atoms with Crippen LogP contribution in [0.2, 0.25) is 0 Å². The average molecular weight is 507 g/mol. The van der Waals surface area contributed by atoms with E-state index in [0.29, 0.717) is 26.2 Å². The molecule has 1 saturated heterocycles. The Morgan fingerprint density at radius 3 is 2.50 bits per heavy atom. The van der Waals surface area contributed by atoms with Crippen LogP contribution in [0.1, 0.15) is 34.4 Å². The van der Waals surface area contributed by atoms with Crippen molar-refractivity contribution in [2.45, 2.75) is 39.0 Å². The van der Waals surface area contributed by atoms with E-state index in [1.807, 2.05) is 48.7 Å². The molecule has 2 aromatic carbocycles. The van der Waals surface area contributed by atoms with Crippen molar-refractivity contribution < 1.29 is 18.7 Å². The number of hydrogen-bond acceptors (Lipinski definition) is 4. The number of halogens is 1. The predicted octanol–water partition coefficient (Wildman–Crippen LogP) is 5.45. The minimum absolute atomic E-state index is 0.0521. The molecule has 0 spiro atoms. The molecule has 1 aromatic heterocycles. The van der Waals surface area contributed by atoms with Gasteiger partial charge < -0.3 is 14.5 Å². The van der Waals surface area contributed by atoms with Gasteiger partial charge in [-0.1, -0.05) is 42.5 Å². The summed E-state index contributed by atoms with van der Waals surface area (Å²) in [6, 6.07) is 17.8. The molecule has 4 rings (SSSR count). The lowest BCUT2D eigenvalue weighted by Gasteiger charge is -2.28. The van der Waals surface area contributed by atoms with Gasteiger partial charge in [-0.15, -0.1) is 11.3 Å². The van der Waals surface area contributed by atoms with Gasteiger partial charge in [0.25, 0.3) is 0 Å². The maximum Gasteiger partial charge on any atom is 0.247 e. The normalized spacial score (nSPS) is 15.3. The molecule has 1 fully saturated rings. The summed E-state index contributed by atoms with van der Waals surface area (Å²) in [5, 5.41) is 2.01. The number of carbonyl (C=O) groups is 2. The Kier molecular flexibility index (Phi) is 9.03. The first-order valence-corrected chi connectivity index (χ1v) is 13.0. The van der Waals surface area contributed by atoms with Gasteiger partial charge in [-0.2, -0.15) is 0 Å². The molecule has 0 N–H and O–H groups in total. The summed E-state index contributed by atoms with van der Waals surface area (Å²) >= 11 is 1.60. The van der Waals surface area contributed by atoms with Crippen LogP contribution in [0.5, 0.6) is 0 Å². The highest BCUT2D eigenvalue weighted by atomic mass is 32.1. The van der Waals surface area contributed by atoms with Gasteiger partial charge >= 0.3 is 0 Å². The molecule has 7 heteroatoms. The lowest BCUT2D eigenvalue weighted by Crippen LogP contribution is -2.44. The Bertz CT molecular complexity index is 1170. The van der Waals surface area contributed by atoms with Crippen molar-refractivity contribution in [1.29, 1.82) is 0 Å². The zero-order valence-corrected chi connectivity index (χ0v) is 21.3. The highest BCUT2D eigenvalue weighted by molar-refractivity contribution is 7.10. The molecule has 0 aliphatic carbocycles. The number of hydrogen-bond donors (Lipinski definition) is 0. The van der Waals surface area contributed by atoms with Gasteiger partial charge in [-0.25, -0.2) is 4.39 Å². The van der Waals surface area contributed by atoms with Crippen molar-refractivity contribution in [3.05, 3.63) is 99.5 Å². The number of amides is 2. The standard InChI is InChI=1S/C29H31FN2O3S/c1-22-15-17-36-27(22)20-31(18-24-9-12-25(30)13-10-24)29(34)21-32(19-26-8-5-16-35-26)28(33)14-11-23-6-3-2-4-7-23/h2-4,6-7,9-15,17,26H,5,8,16,18-21H2,1H3. The van der Waals surface area contributed by atoms with Crippen LogP contribution in [-0.2, 0) is 27.4 Å². The van der Waals surface area contributed by atoms with E-state index in [4.69, 9.17) is 4.74 Å². The van der Waals surface area contributed by atoms with Crippen molar-refractivity contribution in [3.63, 3.8) is 0 Å². The molecule has 0 saturated carbocycles. The second kappa shape index (κ2) is 12.6. The molecule has 0 radical (unpaired) electrons. The van der Waals surface area contributed by atoms with Crippen LogP contribution in [0.3, 0.4) is 0 Å². The molecular formula is C29H31FN2O3S. The quantitative estimate of drug-likeness (QED) is 0.344. The van der Waals surface area contributed by atoms with E-state index in [1.165, 1.54) is 18.2 Å². The number of thiophene rings is 1. The van der Waals surface area contributed by atoms with Crippen LogP contribution >= 0.6 is 11.3 Å². The summed E-state index contributed by atoms with van der Waals surface area (Å²) in [6.07, 6.45) is 5.03. The highest BCUT2D eigenvalue weighted by Gasteiger charge is 2.26. The fourth-order valence-electron chi connectivity index (χ4n) is 4.15. The molecule has 3 aromatic rings. The van der Waals surface area contributed by atoms with Crippen LogP contribution in [0.4, 0.5) is 4.39 Å². The minimum Gasteiger partial charge on any atom is -0.376 e. The maximum absolute atomic E-state index is 13.6. The zero-order chi connectivity index (χ0) is 25.3. The summed E-state index contributed by atoms with van der Waals surface area (Å²) in [5.74, 6) is -0.701. The second-order valence-corrected chi connectivity index (χ2v) is 10.0. The molecular weight excluding hydrogens is 475 g/mol. The van der Waals surface area contributed by atoms with Crippen molar-refractivity contribution in [3.8, 4) is 0 Å². The summed E-state index contributed by atoms with van der Waals surface area (Å²) in [5.41, 5.74) is 2.87. The second-order valence-electron chi connectivity index (χ2n) is 9.00. The van der Waals surface area contributed by atoms with Gasteiger partial charge in [0.05, 0.1) is 12.6 Å². The van der Waals surface area contributed by atoms with E-state index >= 15 is 0 Å². The molecule has 5 nitrogen and oxygen atoms in total. The maximum atomic E-state index is 13.6. The Morgan fingerprint density at radius 1 is 1.06 bits per heavy atom. The van der Waals surface area contributed by atoms with Gasteiger partial charge in [0.15, 0.2) is 0 Å². The summed E-state index contributed by atoms with van der Waals surface area (Å²) < 4.78 is 19.2. The molecule has 1 unspecified atom stereocenters. The molecule has 1 atom stereocenters. The van der Waals surface area contributed by atoms with E-state index in [1.54, 1.807) is 39.3 Å². The Labute approximate surface area is 215 Å². The topological polar surface area (TPSA) is 49.9 Å². The van der Waals surface area contributed by atoms with E-state index in [-0.39, 0.29) is 30.3 Å². The summed E-state index contributed by atoms with van der Waals surface area (Å²) in [7, 11) is 0. The minimum atomic E-state index is -0.315. The van der Waals surface area contributed by atoms with Crippen molar-refractivity contribution in [1.82, 2.24) is 9.80 Å². The van der Waals surface area contributed by atoms with E-state index < -0.39 is 0 Å². The predicted molar refractivity (Wildman–Crippen MR) is 141 cm³/mol. The molecule has 36 heavy (non-hydrogen) atoms. The lowest BCUT2D eigenvalue weighted by molar-refractivity contribution is -0.140. The van der Waals surface area contributed by atoms with Crippen molar-refractivity contribution >= 4 is 29.2 Å². The SMILES string of the molecule is Cc1ccsc1CN(Cc1ccc(F)cc1)C(=O)CN(CC1CCCO1)C(=O)C=Cc1ccccc1. The van der Waals surface area contributed by atoms with Gasteiger partial charge in [0, 0.05) is 30.6 Å². The number of nitrogens with zero attached hydrogens (tertiary/aromatic N) is 2. The largest absolute Gasteiger partial charge is 0.376 e. The lowest BCUT2D eigenvalue weighted by atomic mass is 10.2. The van der Waals surface area contributed by atoms with Crippen molar-refractivity contribution in [2.75, 3.05) is 19.7 Å². The Morgan fingerprint density at radius 2 is 1.83 bits per heavy atom. The van der Waals surface area contributed by atoms with Gasteiger partial charge in [-0.3, -0.25) is 9.59 Å². The van der Waals surface area contributed by atoms with Crippen LogP contribution in [-0.4, -0.2) is 47.4 Å². The van der Waals surface area contributed by atoms with Crippen LogP contribution in [0, 0.1) is 12.7 Å². The van der Waals surface area contributed by atoms with Crippen molar-refractivity contribution in [2.24, 2.45) is 0 Å². The summed E-state index contributed by atoms with van der Waals surface area (Å²) in [4.78, 5) is 31.2. The molecule has 1 aliphatic heterocycles. The fraction of sp³-hybridized carbons (Fsp3) is 0.310. The first-order valence-electron chi connectivity index (χ1n) is 12.2. The Hall–Kier alpha value is -3.29. The number of ether oxygens (including phenoxy) is 1. The zero-order valence-electron chi connectivity index (χ0n) is 20.4. The average Bonchev–Trinajstić information content (AvgIpc) is 3.55. The number of aryl methyl sites for hydroxylation is 1. The molecule has 0 bridgehead atoms. The van der Waals surface area contributed by atoms with Gasteiger partial charge in [0.1, 0.15) is 12.4 Å². The van der Waals surface area contributed by atoms with Crippen LogP contribution in [0.15, 0.2) is 72.1 Å². The van der Waals surface area contributed by atoms with Gasteiger partial charge in [-0.05, 0) is 66.1 Å². The highest BCUT2D eigenvalue weighted by Crippen LogP contribution is 2.20. The monoisotopic (exact) mass is 506 g/mol. The van der Waals surface area contributed by atoms with E-state index in [0.717, 1.165) is 34.4 Å². The third-order valence-electron chi connectivity index (χ3n) is 6.25. The van der Waals surface area contributed by atoms with E-state index in [9.17, 15) is 14.0 Å². The van der Waals surface area contributed by atoms with Crippen LogP contribution < -0.4 is 0 Å². The van der Waals surface area contributed by atoms with Gasteiger partial charge in [0.2, 0.25) is 11.8 Å². The number of carbonyl (C=O) groups excluding carboxylic acids is 2. The van der Waals surface area contributed by atoms with Crippen LogP contribution in [0.25, 0.3) is 6.08 Å². The Balaban J connectivity index is 1.52. The van der Waals surface area contributed by atoms with E-state index in [2.05, 4.69) is 0 Å². The molecule has 2 heterocycles. The molecule has 1 aliphatic rings. The first-order chi connectivity index (χ1) is 17.5. The number of benzene rings is 2. The fourth-order valence-corrected chi connectivity index (χ4v) is 5.07. The molecule has 188 valence electrons. The number of rotatable bonds is 10. The summed E-state index contributed by atoms with van der Waals surface area (Å²) in [6.45, 7) is 3.78.